The second-order valence-corrected chi connectivity index (χ2v) is 5.56. The van der Waals surface area contributed by atoms with E-state index in [4.69, 9.17) is 23.2 Å². The van der Waals surface area contributed by atoms with Crippen LogP contribution in [0.2, 0.25) is 10.0 Å². The van der Waals surface area contributed by atoms with Crippen molar-refractivity contribution in [1.82, 2.24) is 9.88 Å². The monoisotopic (exact) mass is 310 g/mol. The third-order valence-electron chi connectivity index (χ3n) is 3.39. The SMILES string of the molecule is C[C@H](c1ccc(Cl)cc1Cl)N(C)C(=O)Cc1ccc[nH]1. The minimum Gasteiger partial charge on any atom is -0.365 e. The number of hydrogen-bond acceptors (Lipinski definition) is 1. The Balaban J connectivity index is 2.11. The fraction of sp³-hybridized carbons (Fsp3) is 0.267. The number of benzene rings is 1. The molecule has 1 heterocycles. The van der Waals surface area contributed by atoms with Gasteiger partial charge in [-0.1, -0.05) is 29.3 Å². The van der Waals surface area contributed by atoms with Gasteiger partial charge in [0.1, 0.15) is 0 Å². The lowest BCUT2D eigenvalue weighted by Crippen LogP contribution is -2.31. The van der Waals surface area contributed by atoms with Gasteiger partial charge in [-0.15, -0.1) is 0 Å². The number of halogens is 2. The summed E-state index contributed by atoms with van der Waals surface area (Å²) in [7, 11) is 1.78. The van der Waals surface area contributed by atoms with Crippen LogP contribution >= 0.6 is 23.2 Å². The van der Waals surface area contributed by atoms with Crippen molar-refractivity contribution in [3.8, 4) is 0 Å². The Kier molecular flexibility index (Phi) is 4.73. The maximum atomic E-state index is 12.2. The smallest absolute Gasteiger partial charge is 0.228 e. The third kappa shape index (κ3) is 3.35. The molecule has 0 spiro atoms. The van der Waals surface area contributed by atoms with Crippen molar-refractivity contribution in [2.24, 2.45) is 0 Å². The Bertz CT molecular complexity index is 596. The fourth-order valence-electron chi connectivity index (χ4n) is 2.03. The molecule has 0 bridgehead atoms. The number of carbonyl (C=O) groups excluding carboxylic acids is 1. The summed E-state index contributed by atoms with van der Waals surface area (Å²) in [4.78, 5) is 17.0. The second-order valence-electron chi connectivity index (χ2n) is 4.72. The average molecular weight is 311 g/mol. The molecule has 0 aliphatic carbocycles. The van der Waals surface area contributed by atoms with Gasteiger partial charge in [0.2, 0.25) is 5.91 Å². The van der Waals surface area contributed by atoms with E-state index in [1.54, 1.807) is 24.1 Å². The highest BCUT2D eigenvalue weighted by molar-refractivity contribution is 6.35. The molecule has 1 N–H and O–H groups in total. The number of hydrogen-bond donors (Lipinski definition) is 1. The van der Waals surface area contributed by atoms with Crippen molar-refractivity contribution in [3.05, 3.63) is 57.8 Å². The number of H-pyrrole nitrogens is 1. The van der Waals surface area contributed by atoms with Crippen LogP contribution in [0, 0.1) is 0 Å². The van der Waals surface area contributed by atoms with Crippen molar-refractivity contribution < 1.29 is 4.79 Å². The lowest BCUT2D eigenvalue weighted by atomic mass is 10.1. The average Bonchev–Trinajstić information content (AvgIpc) is 2.90. The number of likely N-dealkylation sites (N-methyl/N-ethyl adjacent to an activating group) is 1. The summed E-state index contributed by atoms with van der Waals surface area (Å²) in [6.45, 7) is 1.95. The number of carbonyl (C=O) groups is 1. The van der Waals surface area contributed by atoms with E-state index in [1.807, 2.05) is 31.3 Å². The summed E-state index contributed by atoms with van der Waals surface area (Å²) in [6.07, 6.45) is 2.15. The van der Waals surface area contributed by atoms with E-state index < -0.39 is 0 Å². The maximum absolute atomic E-state index is 12.2. The van der Waals surface area contributed by atoms with Gasteiger partial charge in [-0.3, -0.25) is 4.79 Å². The lowest BCUT2D eigenvalue weighted by Gasteiger charge is -2.26. The van der Waals surface area contributed by atoms with E-state index in [0.717, 1.165) is 11.3 Å². The van der Waals surface area contributed by atoms with Gasteiger partial charge < -0.3 is 9.88 Å². The van der Waals surface area contributed by atoms with Crippen molar-refractivity contribution in [2.45, 2.75) is 19.4 Å². The zero-order valence-electron chi connectivity index (χ0n) is 11.4. The number of nitrogens with one attached hydrogen (secondary N) is 1. The Morgan fingerprint density at radius 3 is 2.70 bits per heavy atom. The predicted molar refractivity (Wildman–Crippen MR) is 82.1 cm³/mol. The molecule has 0 unspecified atom stereocenters. The first-order valence-electron chi connectivity index (χ1n) is 6.32. The molecule has 0 aliphatic rings. The largest absolute Gasteiger partial charge is 0.365 e. The van der Waals surface area contributed by atoms with Crippen LogP contribution in [0.25, 0.3) is 0 Å². The molecular weight excluding hydrogens is 295 g/mol. The van der Waals surface area contributed by atoms with Crippen LogP contribution in [-0.4, -0.2) is 22.8 Å². The van der Waals surface area contributed by atoms with Gasteiger partial charge in [0.05, 0.1) is 12.5 Å². The zero-order valence-corrected chi connectivity index (χ0v) is 12.9. The molecule has 1 amide bonds. The van der Waals surface area contributed by atoms with E-state index >= 15 is 0 Å². The molecule has 2 aromatic rings. The molecule has 5 heteroatoms. The summed E-state index contributed by atoms with van der Waals surface area (Å²) in [5, 5.41) is 1.16. The van der Waals surface area contributed by atoms with Crippen molar-refractivity contribution in [1.29, 1.82) is 0 Å². The number of nitrogens with zero attached hydrogens (tertiary/aromatic N) is 1. The van der Waals surface area contributed by atoms with Crippen LogP contribution in [0.3, 0.4) is 0 Å². The molecule has 106 valence electrons. The molecular formula is C15H16Cl2N2O. The molecule has 1 atom stereocenters. The van der Waals surface area contributed by atoms with Crippen LogP contribution in [-0.2, 0) is 11.2 Å². The number of amides is 1. The summed E-state index contributed by atoms with van der Waals surface area (Å²) in [6, 6.07) is 8.99. The van der Waals surface area contributed by atoms with E-state index in [1.165, 1.54) is 0 Å². The van der Waals surface area contributed by atoms with Crippen molar-refractivity contribution in [2.75, 3.05) is 7.05 Å². The predicted octanol–water partition coefficient (Wildman–Crippen LogP) is 4.08. The Labute approximate surface area is 128 Å². The summed E-state index contributed by atoms with van der Waals surface area (Å²) < 4.78 is 0. The molecule has 0 saturated carbocycles. The molecule has 0 saturated heterocycles. The van der Waals surface area contributed by atoms with E-state index in [9.17, 15) is 4.79 Å². The molecule has 3 nitrogen and oxygen atoms in total. The fourth-order valence-corrected chi connectivity index (χ4v) is 2.60. The van der Waals surface area contributed by atoms with Gasteiger partial charge in [-0.2, -0.15) is 0 Å². The van der Waals surface area contributed by atoms with E-state index in [-0.39, 0.29) is 11.9 Å². The summed E-state index contributed by atoms with van der Waals surface area (Å²) in [5.41, 5.74) is 1.79. The van der Waals surface area contributed by atoms with Crippen LogP contribution < -0.4 is 0 Å². The minimum absolute atomic E-state index is 0.0333. The highest BCUT2D eigenvalue weighted by atomic mass is 35.5. The number of rotatable bonds is 4. The van der Waals surface area contributed by atoms with Crippen LogP contribution in [0.15, 0.2) is 36.5 Å². The highest BCUT2D eigenvalue weighted by Gasteiger charge is 2.20. The van der Waals surface area contributed by atoms with Crippen LogP contribution in [0.4, 0.5) is 0 Å². The first-order chi connectivity index (χ1) is 9.49. The van der Waals surface area contributed by atoms with Crippen molar-refractivity contribution in [3.63, 3.8) is 0 Å². The number of aromatic amines is 1. The summed E-state index contributed by atoms with van der Waals surface area (Å²) in [5.74, 6) is 0.0333. The van der Waals surface area contributed by atoms with Crippen LogP contribution in [0.5, 0.6) is 0 Å². The Morgan fingerprint density at radius 1 is 1.35 bits per heavy atom. The molecule has 0 aliphatic heterocycles. The number of aromatic nitrogens is 1. The van der Waals surface area contributed by atoms with Gasteiger partial charge in [0.25, 0.3) is 0 Å². The van der Waals surface area contributed by atoms with Gasteiger partial charge in [0.15, 0.2) is 0 Å². The Morgan fingerprint density at radius 2 is 2.10 bits per heavy atom. The topological polar surface area (TPSA) is 36.1 Å². The molecule has 1 aromatic carbocycles. The van der Waals surface area contributed by atoms with Gasteiger partial charge >= 0.3 is 0 Å². The summed E-state index contributed by atoms with van der Waals surface area (Å²) >= 11 is 12.1. The maximum Gasteiger partial charge on any atom is 0.228 e. The molecule has 1 aromatic heterocycles. The first-order valence-corrected chi connectivity index (χ1v) is 7.07. The molecule has 0 fully saturated rings. The van der Waals surface area contributed by atoms with Gasteiger partial charge in [-0.05, 0) is 36.8 Å². The Hall–Kier alpha value is -1.45. The molecule has 2 rings (SSSR count). The third-order valence-corrected chi connectivity index (χ3v) is 3.95. The highest BCUT2D eigenvalue weighted by Crippen LogP contribution is 2.29. The van der Waals surface area contributed by atoms with Crippen molar-refractivity contribution >= 4 is 29.1 Å². The van der Waals surface area contributed by atoms with Gasteiger partial charge in [-0.25, -0.2) is 0 Å². The quantitative estimate of drug-likeness (QED) is 0.907. The first kappa shape index (κ1) is 14.9. The molecule has 20 heavy (non-hydrogen) atoms. The zero-order chi connectivity index (χ0) is 14.7. The second kappa shape index (κ2) is 6.33. The van der Waals surface area contributed by atoms with E-state index in [0.29, 0.717) is 16.5 Å². The van der Waals surface area contributed by atoms with Gasteiger partial charge in [0, 0.05) is 29.0 Å². The minimum atomic E-state index is -0.109. The molecule has 0 radical (unpaired) electrons. The lowest BCUT2D eigenvalue weighted by molar-refractivity contribution is -0.131. The standard InChI is InChI=1S/C15H16Cl2N2O/c1-10(13-6-5-11(16)8-14(13)17)19(2)15(20)9-12-4-3-7-18-12/h3-8,10,18H,9H2,1-2H3/t10-/m1/s1. The van der Waals surface area contributed by atoms with Crippen LogP contribution in [0.1, 0.15) is 24.2 Å². The van der Waals surface area contributed by atoms with E-state index in [2.05, 4.69) is 4.98 Å². The normalized spacial score (nSPS) is 12.2.